The quantitative estimate of drug-likeness (QED) is 0.190. The first-order valence-electron chi connectivity index (χ1n) is 12.2. The summed E-state index contributed by atoms with van der Waals surface area (Å²) in [6.45, 7) is 0. The Hall–Kier alpha value is -4.43. The molecule has 3 aromatic carbocycles. The Balaban J connectivity index is 2.22. The van der Waals surface area contributed by atoms with E-state index in [9.17, 15) is 49.1 Å². The number of carbonyl (C=O) groups excluding carboxylic acids is 2. The molecule has 43 heavy (non-hydrogen) atoms. The Bertz CT molecular complexity index is 1400. The van der Waals surface area contributed by atoms with Crippen LogP contribution in [0.15, 0.2) is 72.8 Å². The number of halogens is 9. The lowest BCUT2D eigenvalue weighted by Crippen LogP contribution is -2.57. The van der Waals surface area contributed by atoms with Crippen molar-refractivity contribution in [1.29, 1.82) is 0 Å². The van der Waals surface area contributed by atoms with Crippen LogP contribution >= 0.6 is 0 Å². The van der Waals surface area contributed by atoms with Crippen molar-refractivity contribution < 1.29 is 58.6 Å². The molecule has 2 atom stereocenters. The van der Waals surface area contributed by atoms with Gasteiger partial charge in [-0.05, 0) is 41.0 Å². The van der Waals surface area contributed by atoms with Crippen LogP contribution in [0.2, 0.25) is 0 Å². The largest absolute Gasteiger partial charge is 0.469 e. The highest BCUT2D eigenvalue weighted by molar-refractivity contribution is 5.78. The second-order valence-corrected chi connectivity index (χ2v) is 9.19. The minimum atomic E-state index is -5.15. The van der Waals surface area contributed by atoms with Crippen molar-refractivity contribution in [3.63, 3.8) is 0 Å². The zero-order valence-electron chi connectivity index (χ0n) is 22.0. The molecule has 0 aliphatic carbocycles. The summed E-state index contributed by atoms with van der Waals surface area (Å²) in [5.74, 6) is -4.51. The lowest BCUT2D eigenvalue weighted by molar-refractivity contribution is -0.253. The molecule has 3 rings (SSSR count). The summed E-state index contributed by atoms with van der Waals surface area (Å²) in [6, 6.07) is 9.11. The van der Waals surface area contributed by atoms with E-state index in [-0.39, 0.29) is 5.56 Å². The van der Waals surface area contributed by atoms with Crippen LogP contribution < -0.4 is 15.4 Å². The molecule has 0 spiro atoms. The first-order valence-corrected chi connectivity index (χ1v) is 12.2. The van der Waals surface area contributed by atoms with Gasteiger partial charge < -0.3 is 20.1 Å². The highest BCUT2D eigenvalue weighted by Crippen LogP contribution is 2.38. The number of urea groups is 1. The summed E-state index contributed by atoms with van der Waals surface area (Å²) in [7, 11) is 0.830. The first-order chi connectivity index (χ1) is 20.1. The highest BCUT2D eigenvalue weighted by atomic mass is 19.4. The van der Waals surface area contributed by atoms with Crippen LogP contribution in [-0.4, -0.2) is 43.9 Å². The van der Waals surface area contributed by atoms with Gasteiger partial charge in [-0.25, -0.2) is 13.6 Å². The monoisotopic (exact) mass is 622 g/mol. The molecule has 0 fully saturated rings. The molecule has 0 aliphatic heterocycles. The summed E-state index contributed by atoms with van der Waals surface area (Å²) >= 11 is 0. The summed E-state index contributed by atoms with van der Waals surface area (Å²) in [6.07, 6.45) is -16.3. The first kappa shape index (κ1) is 33.1. The van der Waals surface area contributed by atoms with Crippen molar-refractivity contribution in [2.24, 2.45) is 0 Å². The molecule has 2 N–H and O–H groups in total. The predicted octanol–water partition coefficient (Wildman–Crippen LogP) is 6.48. The number of rotatable bonds is 11. The number of alkyl halides is 7. The minimum Gasteiger partial charge on any atom is -0.469 e. The van der Waals surface area contributed by atoms with Crippen LogP contribution in [0.4, 0.5) is 44.3 Å². The van der Waals surface area contributed by atoms with E-state index in [0.717, 1.165) is 31.4 Å². The number of esters is 1. The molecule has 0 saturated carbocycles. The van der Waals surface area contributed by atoms with Crippen LogP contribution in [0.5, 0.6) is 5.75 Å². The van der Waals surface area contributed by atoms with Crippen molar-refractivity contribution >= 4 is 12.0 Å². The second-order valence-electron chi connectivity index (χ2n) is 9.19. The van der Waals surface area contributed by atoms with E-state index >= 15 is 0 Å². The molecule has 0 aromatic heterocycles. The van der Waals surface area contributed by atoms with E-state index in [1.54, 1.807) is 23.5 Å². The van der Waals surface area contributed by atoms with Crippen molar-refractivity contribution in [1.82, 2.24) is 10.6 Å². The van der Waals surface area contributed by atoms with Gasteiger partial charge in [0.25, 0.3) is 0 Å². The number of nitrogens with one attached hydrogen (secondary N) is 2. The smallest absolute Gasteiger partial charge is 0.461 e. The second kappa shape index (κ2) is 13.3. The molecule has 0 aliphatic rings. The average molecular weight is 622 g/mol. The predicted molar refractivity (Wildman–Crippen MR) is 133 cm³/mol. The maximum absolute atomic E-state index is 14.8. The third-order valence-electron chi connectivity index (χ3n) is 6.15. The molecule has 0 radical (unpaired) electrons. The number of benzene rings is 3. The molecule has 0 saturated heterocycles. The Morgan fingerprint density at radius 3 is 2.02 bits per heavy atom. The van der Waals surface area contributed by atoms with Crippen LogP contribution in [0, 0.1) is 11.6 Å². The normalized spacial score (nSPS) is 14.0. The summed E-state index contributed by atoms with van der Waals surface area (Å²) in [5, 5.41) is 3.88. The summed E-state index contributed by atoms with van der Waals surface area (Å²) in [5.41, 5.74) is -2.34. The Morgan fingerprint density at radius 2 is 1.47 bits per heavy atom. The maximum atomic E-state index is 14.8. The maximum Gasteiger partial charge on any atom is 0.461 e. The molecule has 2 amide bonds. The van der Waals surface area contributed by atoms with Gasteiger partial charge in [-0.2, -0.15) is 30.7 Å². The molecule has 6 nitrogen and oxygen atoms in total. The number of hydrogen-bond donors (Lipinski definition) is 2. The van der Waals surface area contributed by atoms with Gasteiger partial charge in [0.15, 0.2) is 0 Å². The topological polar surface area (TPSA) is 76.7 Å². The lowest BCUT2D eigenvalue weighted by atomic mass is 9.77. The van der Waals surface area contributed by atoms with Gasteiger partial charge in [0, 0.05) is 12.5 Å². The third-order valence-corrected chi connectivity index (χ3v) is 6.15. The Morgan fingerprint density at radius 1 is 0.837 bits per heavy atom. The zero-order chi connectivity index (χ0) is 32.0. The highest BCUT2D eigenvalue weighted by Gasteiger charge is 2.46. The molecule has 15 heteroatoms. The van der Waals surface area contributed by atoms with Gasteiger partial charge in [-0.1, -0.05) is 42.5 Å². The van der Waals surface area contributed by atoms with Crippen molar-refractivity contribution in [2.75, 3.05) is 7.11 Å². The van der Waals surface area contributed by atoms with Crippen LogP contribution in [0.25, 0.3) is 0 Å². The van der Waals surface area contributed by atoms with Gasteiger partial charge in [0.2, 0.25) is 0 Å². The van der Waals surface area contributed by atoms with Gasteiger partial charge in [0.05, 0.1) is 19.1 Å². The minimum absolute atomic E-state index is 0.0819. The summed E-state index contributed by atoms with van der Waals surface area (Å²) in [4.78, 5) is 24.8. The Labute approximate surface area is 238 Å². The van der Waals surface area contributed by atoms with Crippen LogP contribution in [-0.2, 0) is 21.5 Å². The molecule has 2 unspecified atom stereocenters. The number of methoxy groups -OCH3 is 1. The fourth-order valence-corrected chi connectivity index (χ4v) is 4.15. The van der Waals surface area contributed by atoms with Gasteiger partial charge >= 0.3 is 30.7 Å². The van der Waals surface area contributed by atoms with E-state index < -0.39 is 78.1 Å². The van der Waals surface area contributed by atoms with E-state index in [4.69, 9.17) is 0 Å². The fraction of sp³-hybridized carbons (Fsp3) is 0.286. The molecule has 3 aromatic rings. The molecule has 0 heterocycles. The van der Waals surface area contributed by atoms with Crippen LogP contribution in [0.1, 0.15) is 23.1 Å². The van der Waals surface area contributed by atoms with E-state index in [1.807, 2.05) is 0 Å². The summed E-state index contributed by atoms with van der Waals surface area (Å²) < 4.78 is 131. The van der Waals surface area contributed by atoms with Crippen molar-refractivity contribution in [2.45, 2.75) is 43.1 Å². The fourth-order valence-electron chi connectivity index (χ4n) is 4.15. The van der Waals surface area contributed by atoms with Crippen LogP contribution in [0.3, 0.4) is 0 Å². The number of carbonyl (C=O) groups is 2. The third kappa shape index (κ3) is 8.55. The van der Waals surface area contributed by atoms with Gasteiger partial charge in [-0.3, -0.25) is 4.79 Å². The number of amides is 2. The van der Waals surface area contributed by atoms with Crippen molar-refractivity contribution in [3.8, 4) is 5.75 Å². The molecular formula is C28H23F9N2O4. The Kier molecular flexibility index (Phi) is 10.2. The molecular weight excluding hydrogens is 599 g/mol. The molecule has 232 valence electrons. The van der Waals surface area contributed by atoms with E-state index in [1.165, 1.54) is 12.1 Å². The zero-order valence-corrected chi connectivity index (χ0v) is 22.0. The van der Waals surface area contributed by atoms with Gasteiger partial charge in [0.1, 0.15) is 23.4 Å². The van der Waals surface area contributed by atoms with Gasteiger partial charge in [-0.15, -0.1) is 0 Å². The standard InChI is InChI=1S/C28H23F9N2O4/c1-42-23(40)14-22(27(33,34)35)38-25(41)39-26(15-16-5-3-2-4-6-16,17-7-9-19(29)10-8-17)18-11-20(30)13-21(12-18)43-28(36,37)24(31)32/h2-13,22,24H,14-15H2,1H3,(H2,38,39,41). The number of hydrogen-bond acceptors (Lipinski definition) is 4. The number of ether oxygens (including phenoxy) is 2. The lowest BCUT2D eigenvalue weighted by Gasteiger charge is -2.37. The van der Waals surface area contributed by atoms with Crippen molar-refractivity contribution in [3.05, 3.63) is 101 Å². The average Bonchev–Trinajstić information content (AvgIpc) is 2.92. The molecule has 0 bridgehead atoms. The SMILES string of the molecule is COC(=O)CC(NC(=O)NC(Cc1ccccc1)(c1ccc(F)cc1)c1cc(F)cc(OC(F)(F)C(F)F)c1)C(F)(F)F. The van der Waals surface area contributed by atoms with E-state index in [0.29, 0.717) is 23.8 Å². The van der Waals surface area contributed by atoms with E-state index in [2.05, 4.69) is 14.8 Å².